The van der Waals surface area contributed by atoms with Gasteiger partial charge in [-0.15, -0.1) is 0 Å². The van der Waals surface area contributed by atoms with Crippen LogP contribution in [0.25, 0.3) is 0 Å². The van der Waals surface area contributed by atoms with Crippen LogP contribution in [-0.4, -0.2) is 32.3 Å². The van der Waals surface area contributed by atoms with Gasteiger partial charge in [0.1, 0.15) is 12.4 Å². The zero-order valence-electron chi connectivity index (χ0n) is 14.1. The van der Waals surface area contributed by atoms with E-state index in [1.54, 1.807) is 7.11 Å². The summed E-state index contributed by atoms with van der Waals surface area (Å²) < 4.78 is 10.6. The first-order valence-electron chi connectivity index (χ1n) is 8.55. The van der Waals surface area contributed by atoms with Gasteiger partial charge < -0.3 is 20.5 Å². The van der Waals surface area contributed by atoms with Crippen molar-refractivity contribution in [3.8, 4) is 5.75 Å². The minimum Gasteiger partial charge on any atom is -0.491 e. The molecule has 23 heavy (non-hydrogen) atoms. The van der Waals surface area contributed by atoms with Crippen molar-refractivity contribution in [3.05, 3.63) is 29.8 Å². The van der Waals surface area contributed by atoms with Gasteiger partial charge in [0.2, 0.25) is 0 Å². The number of guanidine groups is 1. The lowest BCUT2D eigenvalue weighted by Gasteiger charge is -2.16. The number of aliphatic imine (C=N–C) groups is 1. The number of hydrogen-bond acceptors (Lipinski definition) is 3. The van der Waals surface area contributed by atoms with Crippen LogP contribution >= 0.6 is 0 Å². The van der Waals surface area contributed by atoms with Gasteiger partial charge >= 0.3 is 0 Å². The molecule has 0 heterocycles. The van der Waals surface area contributed by atoms with E-state index in [4.69, 9.17) is 15.2 Å². The molecular formula is C18H29N3O2. The van der Waals surface area contributed by atoms with Crippen molar-refractivity contribution >= 4 is 5.96 Å². The minimum absolute atomic E-state index is 0.477. The molecule has 1 aliphatic rings. The van der Waals surface area contributed by atoms with Crippen molar-refractivity contribution in [2.45, 2.75) is 51.1 Å². The van der Waals surface area contributed by atoms with Gasteiger partial charge in [-0.3, -0.25) is 0 Å². The van der Waals surface area contributed by atoms with Crippen LogP contribution in [-0.2, 0) is 11.3 Å². The average molecular weight is 319 g/mol. The molecule has 0 saturated heterocycles. The van der Waals surface area contributed by atoms with Crippen LogP contribution in [0.1, 0.15) is 44.1 Å². The van der Waals surface area contributed by atoms with Crippen molar-refractivity contribution in [1.29, 1.82) is 0 Å². The van der Waals surface area contributed by atoms with E-state index in [1.165, 1.54) is 38.5 Å². The predicted octanol–water partition coefficient (Wildman–Crippen LogP) is 2.84. The molecule has 0 amide bonds. The fourth-order valence-corrected chi connectivity index (χ4v) is 2.83. The number of methoxy groups -OCH3 is 1. The monoisotopic (exact) mass is 319 g/mol. The Morgan fingerprint density at radius 1 is 1.22 bits per heavy atom. The quantitative estimate of drug-likeness (QED) is 0.351. The molecule has 1 aromatic rings. The lowest BCUT2D eigenvalue weighted by molar-refractivity contribution is 0.146. The van der Waals surface area contributed by atoms with Crippen LogP contribution in [0.4, 0.5) is 0 Å². The highest BCUT2D eigenvalue weighted by Crippen LogP contribution is 2.17. The second-order valence-electron chi connectivity index (χ2n) is 6.02. The lowest BCUT2D eigenvalue weighted by Crippen LogP contribution is -2.39. The number of benzene rings is 1. The standard InChI is InChI=1S/C18H29N3O2/c1-22-11-12-23-17-10-6-7-15(13-17)14-20-18(19)21-16-8-4-2-3-5-9-16/h6-7,10,13,16H,2-5,8-9,11-12,14H2,1H3,(H3,19,20,21). The van der Waals surface area contributed by atoms with Gasteiger partial charge in [-0.1, -0.05) is 37.8 Å². The van der Waals surface area contributed by atoms with Crippen molar-refractivity contribution in [3.63, 3.8) is 0 Å². The first-order chi connectivity index (χ1) is 11.3. The molecule has 3 N–H and O–H groups in total. The molecule has 1 aliphatic carbocycles. The van der Waals surface area contributed by atoms with E-state index in [1.807, 2.05) is 24.3 Å². The third-order valence-corrected chi connectivity index (χ3v) is 4.09. The molecule has 1 fully saturated rings. The summed E-state index contributed by atoms with van der Waals surface area (Å²) in [5.74, 6) is 1.38. The topological polar surface area (TPSA) is 68.9 Å². The van der Waals surface area contributed by atoms with Gasteiger partial charge in [-0.25, -0.2) is 4.99 Å². The third kappa shape index (κ3) is 6.91. The van der Waals surface area contributed by atoms with E-state index in [2.05, 4.69) is 10.3 Å². The third-order valence-electron chi connectivity index (χ3n) is 4.09. The molecule has 0 bridgehead atoms. The Labute approximate surface area is 139 Å². The van der Waals surface area contributed by atoms with Crippen molar-refractivity contribution in [1.82, 2.24) is 5.32 Å². The molecule has 0 aliphatic heterocycles. The van der Waals surface area contributed by atoms with Crippen molar-refractivity contribution < 1.29 is 9.47 Å². The van der Waals surface area contributed by atoms with Gasteiger partial charge in [0, 0.05) is 13.2 Å². The molecular weight excluding hydrogens is 290 g/mol. The second kappa shape index (κ2) is 10.1. The van der Waals surface area contributed by atoms with E-state index in [-0.39, 0.29) is 0 Å². The Hall–Kier alpha value is -1.75. The number of ether oxygens (including phenoxy) is 2. The van der Waals surface area contributed by atoms with E-state index in [0.29, 0.717) is 31.8 Å². The first kappa shape index (κ1) is 17.6. The van der Waals surface area contributed by atoms with Crippen LogP contribution in [0.5, 0.6) is 5.75 Å². The smallest absolute Gasteiger partial charge is 0.189 e. The summed E-state index contributed by atoms with van der Waals surface area (Å²) in [6.45, 7) is 1.70. The van der Waals surface area contributed by atoms with Crippen LogP contribution in [0.15, 0.2) is 29.3 Å². The second-order valence-corrected chi connectivity index (χ2v) is 6.02. The summed E-state index contributed by atoms with van der Waals surface area (Å²) in [5, 5.41) is 3.37. The lowest BCUT2D eigenvalue weighted by atomic mass is 10.1. The van der Waals surface area contributed by atoms with Gasteiger partial charge in [-0.2, -0.15) is 0 Å². The maximum absolute atomic E-state index is 6.03. The Morgan fingerprint density at radius 2 is 2.00 bits per heavy atom. The van der Waals surface area contributed by atoms with E-state index < -0.39 is 0 Å². The maximum atomic E-state index is 6.03. The van der Waals surface area contributed by atoms with E-state index in [9.17, 15) is 0 Å². The highest BCUT2D eigenvalue weighted by molar-refractivity contribution is 5.78. The summed E-state index contributed by atoms with van der Waals surface area (Å²) in [6.07, 6.45) is 7.63. The van der Waals surface area contributed by atoms with Crippen molar-refractivity contribution in [2.24, 2.45) is 10.7 Å². The molecule has 2 rings (SSSR count). The van der Waals surface area contributed by atoms with Crippen LogP contribution < -0.4 is 15.8 Å². The van der Waals surface area contributed by atoms with Gasteiger partial charge in [-0.05, 0) is 30.5 Å². The number of nitrogens with one attached hydrogen (secondary N) is 1. The molecule has 5 nitrogen and oxygen atoms in total. The molecule has 0 spiro atoms. The highest BCUT2D eigenvalue weighted by Gasteiger charge is 2.12. The molecule has 5 heteroatoms. The average Bonchev–Trinajstić information content (AvgIpc) is 2.82. The number of nitrogens with zero attached hydrogens (tertiary/aromatic N) is 1. The Bertz CT molecular complexity index is 483. The number of rotatable bonds is 7. The van der Waals surface area contributed by atoms with E-state index >= 15 is 0 Å². The van der Waals surface area contributed by atoms with E-state index in [0.717, 1.165) is 11.3 Å². The Morgan fingerprint density at radius 3 is 2.74 bits per heavy atom. The molecule has 1 aromatic carbocycles. The summed E-state index contributed by atoms with van der Waals surface area (Å²) in [5.41, 5.74) is 7.12. The molecule has 1 saturated carbocycles. The summed E-state index contributed by atoms with van der Waals surface area (Å²) in [6, 6.07) is 8.42. The van der Waals surface area contributed by atoms with Crippen molar-refractivity contribution in [2.75, 3.05) is 20.3 Å². The molecule has 0 unspecified atom stereocenters. The fraction of sp³-hybridized carbons (Fsp3) is 0.611. The Balaban J connectivity index is 1.81. The Kier molecular flexibility index (Phi) is 7.73. The van der Waals surface area contributed by atoms with Crippen LogP contribution in [0.2, 0.25) is 0 Å². The minimum atomic E-state index is 0.477. The molecule has 0 radical (unpaired) electrons. The highest BCUT2D eigenvalue weighted by atomic mass is 16.5. The molecule has 0 atom stereocenters. The predicted molar refractivity (Wildman–Crippen MR) is 93.8 cm³/mol. The number of hydrogen-bond donors (Lipinski definition) is 2. The zero-order valence-corrected chi connectivity index (χ0v) is 14.1. The fourth-order valence-electron chi connectivity index (χ4n) is 2.83. The maximum Gasteiger partial charge on any atom is 0.189 e. The largest absolute Gasteiger partial charge is 0.491 e. The van der Waals surface area contributed by atoms with Crippen LogP contribution in [0, 0.1) is 0 Å². The summed E-state index contributed by atoms with van der Waals surface area (Å²) in [4.78, 5) is 4.46. The van der Waals surface area contributed by atoms with Gasteiger partial charge in [0.15, 0.2) is 5.96 Å². The zero-order chi connectivity index (χ0) is 16.3. The van der Waals surface area contributed by atoms with Gasteiger partial charge in [0.25, 0.3) is 0 Å². The summed E-state index contributed by atoms with van der Waals surface area (Å²) >= 11 is 0. The summed E-state index contributed by atoms with van der Waals surface area (Å²) in [7, 11) is 1.67. The molecule has 128 valence electrons. The number of nitrogens with two attached hydrogens (primary N) is 1. The normalized spacial score (nSPS) is 16.8. The first-order valence-corrected chi connectivity index (χ1v) is 8.55. The van der Waals surface area contributed by atoms with Gasteiger partial charge in [0.05, 0.1) is 13.2 Å². The molecule has 0 aromatic heterocycles. The SMILES string of the molecule is COCCOc1cccc(CN=C(N)NC2CCCCCC2)c1. The van der Waals surface area contributed by atoms with Crippen LogP contribution in [0.3, 0.4) is 0 Å².